The van der Waals surface area contributed by atoms with Crippen molar-refractivity contribution in [3.63, 3.8) is 0 Å². The molecular weight excluding hydrogens is 1050 g/mol. The van der Waals surface area contributed by atoms with Crippen LogP contribution < -0.4 is 26.6 Å². The first-order chi connectivity index (χ1) is 37.9. The predicted molar refractivity (Wildman–Crippen MR) is 298 cm³/mol. The van der Waals surface area contributed by atoms with Crippen molar-refractivity contribution in [1.29, 1.82) is 0 Å². The number of likely N-dealkylation sites (tertiary alicyclic amines) is 3. The summed E-state index contributed by atoms with van der Waals surface area (Å²) in [6.45, 7) is 12.1. The average molecular weight is 1120 g/mol. The summed E-state index contributed by atoms with van der Waals surface area (Å²) >= 11 is 5.81. The molecule has 3 fully saturated rings. The van der Waals surface area contributed by atoms with E-state index in [0.717, 1.165) is 115 Å². The highest BCUT2D eigenvalue weighted by Gasteiger charge is 2.32. The Bertz CT molecular complexity index is 2850. The van der Waals surface area contributed by atoms with Crippen LogP contribution in [0.5, 0.6) is 0 Å². The Hall–Kier alpha value is -7.06. The largest absolute Gasteiger partial charge is 0.467 e. The van der Waals surface area contributed by atoms with Gasteiger partial charge in [0.2, 0.25) is 0 Å². The molecule has 0 atom stereocenters. The van der Waals surface area contributed by atoms with Crippen LogP contribution in [0.15, 0.2) is 144 Å². The van der Waals surface area contributed by atoms with Gasteiger partial charge in [-0.15, -0.1) is 0 Å². The molecule has 3 aliphatic heterocycles. The number of urea groups is 3. The fraction of sp³-hybridized carbons (Fsp3) is 0.373. The maximum atomic E-state index is 13.7. The molecule has 4 heterocycles. The highest BCUT2D eigenvalue weighted by Crippen LogP contribution is 2.33. The molecule has 20 heteroatoms. The third-order valence-corrected chi connectivity index (χ3v) is 14.2. The molecule has 5 aromatic carbocycles. The number of amides is 6. The van der Waals surface area contributed by atoms with Crippen LogP contribution in [0.1, 0.15) is 80.4 Å². The van der Waals surface area contributed by atoms with Crippen LogP contribution in [0, 0.1) is 5.82 Å². The van der Waals surface area contributed by atoms with E-state index < -0.39 is 35.5 Å². The van der Waals surface area contributed by atoms with Gasteiger partial charge in [-0.25, -0.2) is 27.6 Å². The number of furan rings is 1. The quantitative estimate of drug-likeness (QED) is 0.0685. The Kier molecular flexibility index (Phi) is 21.7. The van der Waals surface area contributed by atoms with Gasteiger partial charge in [0.25, 0.3) is 5.92 Å². The molecule has 13 nitrogen and oxygen atoms in total. The van der Waals surface area contributed by atoms with Gasteiger partial charge < -0.3 is 40.8 Å². The second kappa shape index (κ2) is 28.7. The standard InChI is InChI=1S/C21H25F2N3O.C19H23ClFN3O2.C19H20F3N3O/c1-21(22,23)18-9-5-6-10-19(18)25-20(27)24-17-11-13-26(14-12-17)15-16-7-3-2-4-8-16;1-2-23-9-7-15(8-10-23)24(13-16-4-3-11-26-16)19(25)22-14-5-6-18(21)17(20)12-14;20-19(21,22)15-4-3-5-17(12-15)24-18(26)23-16-8-6-14(7-9-16)13-25-10-1-2-11-25/h2-10,17H,11-15H2,1H3,(H2,24,25,27);3-6,11-12,15H,2,7-10,13H2,1H3,(H,22,25);3-9,12H,1-2,10-11,13H2,(H2,23,24,26). The lowest BCUT2D eigenvalue weighted by Crippen LogP contribution is -2.48. The van der Waals surface area contributed by atoms with Crippen LogP contribution in [-0.2, 0) is 31.7 Å². The van der Waals surface area contributed by atoms with E-state index in [4.69, 9.17) is 16.0 Å². The maximum absolute atomic E-state index is 13.7. The third kappa shape index (κ3) is 19.1. The lowest BCUT2D eigenvalue weighted by molar-refractivity contribution is -0.137. The van der Waals surface area contributed by atoms with E-state index in [1.54, 1.807) is 29.4 Å². The third-order valence-electron chi connectivity index (χ3n) is 13.9. The van der Waals surface area contributed by atoms with E-state index in [-0.39, 0.29) is 40.1 Å². The fourth-order valence-electron chi connectivity index (χ4n) is 9.61. The van der Waals surface area contributed by atoms with Crippen molar-refractivity contribution < 1.29 is 45.1 Å². The molecule has 0 radical (unpaired) electrons. The molecule has 422 valence electrons. The first-order valence-corrected chi connectivity index (χ1v) is 26.9. The van der Waals surface area contributed by atoms with Gasteiger partial charge in [-0.2, -0.15) is 13.2 Å². The molecule has 0 bridgehead atoms. The van der Waals surface area contributed by atoms with Crippen molar-refractivity contribution in [3.8, 4) is 0 Å². The molecule has 0 unspecified atom stereocenters. The Morgan fingerprint density at radius 3 is 1.87 bits per heavy atom. The van der Waals surface area contributed by atoms with Crippen molar-refractivity contribution in [1.82, 2.24) is 24.9 Å². The molecule has 5 N–H and O–H groups in total. The number of nitrogens with one attached hydrogen (secondary N) is 5. The summed E-state index contributed by atoms with van der Waals surface area (Å²) in [5, 5.41) is 13.3. The highest BCUT2D eigenvalue weighted by atomic mass is 35.5. The van der Waals surface area contributed by atoms with Crippen LogP contribution in [-0.4, -0.2) is 95.6 Å². The zero-order valence-corrected chi connectivity index (χ0v) is 45.1. The number of alkyl halides is 5. The van der Waals surface area contributed by atoms with Gasteiger partial charge in [-0.1, -0.05) is 85.3 Å². The van der Waals surface area contributed by atoms with E-state index in [2.05, 4.69) is 60.3 Å². The monoisotopic (exact) mass is 1120 g/mol. The van der Waals surface area contributed by atoms with E-state index in [0.29, 0.717) is 17.9 Å². The van der Waals surface area contributed by atoms with Gasteiger partial charge in [0.1, 0.15) is 11.6 Å². The Morgan fingerprint density at radius 2 is 1.24 bits per heavy atom. The molecule has 6 amide bonds. The summed E-state index contributed by atoms with van der Waals surface area (Å²) in [6, 6.07) is 35.0. The summed E-state index contributed by atoms with van der Waals surface area (Å²) in [5.41, 5.74) is 2.73. The molecule has 1 aromatic heterocycles. The van der Waals surface area contributed by atoms with Gasteiger partial charge >= 0.3 is 24.3 Å². The van der Waals surface area contributed by atoms with Crippen LogP contribution >= 0.6 is 11.6 Å². The van der Waals surface area contributed by atoms with Crippen LogP contribution in [0.4, 0.5) is 63.5 Å². The molecular formula is C59H68ClF6N9O4. The summed E-state index contributed by atoms with van der Waals surface area (Å²) < 4.78 is 84.2. The average Bonchev–Trinajstić information content (AvgIpc) is 4.17. The minimum atomic E-state index is -4.45. The topological polar surface area (TPSA) is 137 Å². The lowest BCUT2D eigenvalue weighted by atomic mass is 10.0. The minimum Gasteiger partial charge on any atom is -0.467 e. The normalized spacial score (nSPS) is 15.7. The number of rotatable bonds is 14. The lowest BCUT2D eigenvalue weighted by Gasteiger charge is -2.37. The maximum Gasteiger partial charge on any atom is 0.416 e. The number of nitrogens with zero attached hydrogens (tertiary/aromatic N) is 4. The number of anilines is 4. The van der Waals surface area contributed by atoms with Gasteiger partial charge in [-0.3, -0.25) is 9.80 Å². The second-order valence-corrected chi connectivity index (χ2v) is 20.2. The van der Waals surface area contributed by atoms with Gasteiger partial charge in [0.15, 0.2) is 0 Å². The molecule has 3 aliphatic rings. The number of hydrogen-bond donors (Lipinski definition) is 5. The Morgan fingerprint density at radius 1 is 0.633 bits per heavy atom. The van der Waals surface area contributed by atoms with Crippen LogP contribution in [0.25, 0.3) is 0 Å². The Balaban J connectivity index is 0.000000172. The van der Waals surface area contributed by atoms with Gasteiger partial charge in [0.05, 0.1) is 29.1 Å². The number of carbonyl (C=O) groups excluding carboxylic acids is 3. The van der Waals surface area contributed by atoms with E-state index in [1.165, 1.54) is 66.9 Å². The van der Waals surface area contributed by atoms with Crippen molar-refractivity contribution in [2.75, 3.05) is 67.1 Å². The minimum absolute atomic E-state index is 0.0170. The van der Waals surface area contributed by atoms with Crippen molar-refractivity contribution in [3.05, 3.63) is 179 Å². The van der Waals surface area contributed by atoms with Crippen LogP contribution in [0.3, 0.4) is 0 Å². The molecule has 9 rings (SSSR count). The van der Waals surface area contributed by atoms with Gasteiger partial charge in [0, 0.05) is 80.9 Å². The number of carbonyl (C=O) groups is 3. The zero-order valence-electron chi connectivity index (χ0n) is 44.3. The number of hydrogen-bond acceptors (Lipinski definition) is 7. The first-order valence-electron chi connectivity index (χ1n) is 26.5. The fourth-order valence-corrected chi connectivity index (χ4v) is 9.79. The summed E-state index contributed by atoms with van der Waals surface area (Å²) in [7, 11) is 0. The van der Waals surface area contributed by atoms with Gasteiger partial charge in [-0.05, 0) is 136 Å². The van der Waals surface area contributed by atoms with E-state index >= 15 is 0 Å². The molecule has 79 heavy (non-hydrogen) atoms. The summed E-state index contributed by atoms with van der Waals surface area (Å²) in [4.78, 5) is 46.1. The van der Waals surface area contributed by atoms with Crippen molar-refractivity contribution in [2.24, 2.45) is 0 Å². The number of benzene rings is 5. The summed E-state index contributed by atoms with van der Waals surface area (Å²) in [5.74, 6) is -2.79. The molecule has 0 saturated carbocycles. The smallest absolute Gasteiger partial charge is 0.416 e. The number of piperidine rings is 2. The van der Waals surface area contributed by atoms with Crippen molar-refractivity contribution >= 4 is 52.4 Å². The molecule has 0 aliphatic carbocycles. The predicted octanol–water partition coefficient (Wildman–Crippen LogP) is 14.1. The van der Waals surface area contributed by atoms with E-state index in [9.17, 15) is 40.7 Å². The van der Waals surface area contributed by atoms with E-state index in [1.807, 2.05) is 42.5 Å². The van der Waals surface area contributed by atoms with Crippen LogP contribution in [0.2, 0.25) is 5.02 Å². The van der Waals surface area contributed by atoms with Crippen molar-refractivity contribution in [2.45, 2.75) is 96.2 Å². The molecule has 0 spiro atoms. The SMILES string of the molecule is CC(F)(F)c1ccccc1NC(=O)NC1CCN(Cc2ccccc2)CC1.CCN1CCC(N(Cc2ccco2)C(=O)Nc2ccc(F)c(Cl)c2)CC1.O=C(Nc1ccc(CN2CCCC2)cc1)Nc1cccc(C(F)(F)F)c1. The molecule has 3 saturated heterocycles. The highest BCUT2D eigenvalue weighted by molar-refractivity contribution is 6.31. The zero-order chi connectivity index (χ0) is 56.4. The number of halogens is 7. The molecule has 6 aromatic rings. The number of para-hydroxylation sites is 1. The summed E-state index contributed by atoms with van der Waals surface area (Å²) in [6.07, 6.45) is 3.12. The Labute approximate surface area is 462 Å². The second-order valence-electron chi connectivity index (χ2n) is 19.8. The first kappa shape index (κ1) is 59.6.